The van der Waals surface area contributed by atoms with E-state index in [0.29, 0.717) is 6.42 Å². The van der Waals surface area contributed by atoms with Crippen molar-refractivity contribution in [3.63, 3.8) is 0 Å². The van der Waals surface area contributed by atoms with Crippen molar-refractivity contribution in [2.24, 2.45) is 11.7 Å². The van der Waals surface area contributed by atoms with Gasteiger partial charge in [0.1, 0.15) is 12.1 Å². The quantitative estimate of drug-likeness (QED) is 0.215. The minimum absolute atomic E-state index is 0.0756. The van der Waals surface area contributed by atoms with Crippen LogP contribution in [-0.2, 0) is 25.6 Å². The first-order valence-corrected chi connectivity index (χ1v) is 11.3. The topological polar surface area (TPSA) is 166 Å². The van der Waals surface area contributed by atoms with E-state index in [0.717, 1.165) is 16.5 Å². The summed E-state index contributed by atoms with van der Waals surface area (Å²) in [6.07, 6.45) is 2.39. The Balaban J connectivity index is 1.98. The van der Waals surface area contributed by atoms with E-state index in [1.165, 1.54) is 0 Å². The van der Waals surface area contributed by atoms with Crippen LogP contribution in [0.5, 0.6) is 0 Å². The van der Waals surface area contributed by atoms with Crippen LogP contribution in [0.1, 0.15) is 25.8 Å². The molecule has 4 unspecified atom stereocenters. The Morgan fingerprint density at radius 3 is 2.48 bits per heavy atom. The fourth-order valence-electron chi connectivity index (χ4n) is 3.29. The first kappa shape index (κ1) is 26.2. The number of thiol groups is 1. The van der Waals surface area contributed by atoms with Gasteiger partial charge in [-0.1, -0.05) is 38.5 Å². The van der Waals surface area contributed by atoms with E-state index in [-0.39, 0.29) is 18.1 Å². The minimum atomic E-state index is -1.19. The molecule has 4 atom stereocenters. The number of amides is 3. The zero-order valence-corrected chi connectivity index (χ0v) is 19.5. The molecular formula is C22H31N5O5S. The van der Waals surface area contributed by atoms with Gasteiger partial charge in [0, 0.05) is 29.3 Å². The third-order valence-corrected chi connectivity index (χ3v) is 5.88. The largest absolute Gasteiger partial charge is 0.480 e. The summed E-state index contributed by atoms with van der Waals surface area (Å²) in [4.78, 5) is 51.9. The van der Waals surface area contributed by atoms with Crippen LogP contribution < -0.4 is 21.7 Å². The molecule has 0 saturated carbocycles. The Kier molecular flexibility index (Phi) is 9.74. The molecule has 0 radical (unpaired) electrons. The zero-order chi connectivity index (χ0) is 24.5. The summed E-state index contributed by atoms with van der Waals surface area (Å²) in [5.41, 5.74) is 7.28. The van der Waals surface area contributed by atoms with Crippen LogP contribution in [-0.4, -0.2) is 64.2 Å². The third-order valence-electron chi connectivity index (χ3n) is 5.48. The average molecular weight is 478 g/mol. The van der Waals surface area contributed by atoms with Gasteiger partial charge in [-0.3, -0.25) is 14.4 Å². The zero-order valence-electron chi connectivity index (χ0n) is 18.6. The van der Waals surface area contributed by atoms with Crippen molar-refractivity contribution in [3.8, 4) is 0 Å². The molecule has 10 nitrogen and oxygen atoms in total. The number of benzene rings is 1. The highest BCUT2D eigenvalue weighted by molar-refractivity contribution is 7.80. The van der Waals surface area contributed by atoms with Crippen LogP contribution in [0.25, 0.3) is 10.9 Å². The van der Waals surface area contributed by atoms with Gasteiger partial charge in [0.15, 0.2) is 0 Å². The molecule has 180 valence electrons. The first-order chi connectivity index (χ1) is 15.7. The molecule has 1 heterocycles. The summed E-state index contributed by atoms with van der Waals surface area (Å²) in [7, 11) is 0. The van der Waals surface area contributed by atoms with E-state index < -0.39 is 48.4 Å². The first-order valence-electron chi connectivity index (χ1n) is 10.7. The highest BCUT2D eigenvalue weighted by Crippen LogP contribution is 2.19. The number of nitrogens with one attached hydrogen (secondary N) is 4. The van der Waals surface area contributed by atoms with E-state index in [2.05, 4.69) is 33.6 Å². The van der Waals surface area contributed by atoms with E-state index in [1.54, 1.807) is 13.1 Å². The molecule has 1 aromatic heterocycles. The molecule has 0 spiro atoms. The van der Waals surface area contributed by atoms with Gasteiger partial charge in [0.25, 0.3) is 0 Å². The van der Waals surface area contributed by atoms with Gasteiger partial charge in [0.05, 0.1) is 12.6 Å². The van der Waals surface area contributed by atoms with Gasteiger partial charge in [0.2, 0.25) is 17.7 Å². The molecule has 0 aliphatic heterocycles. The summed E-state index contributed by atoms with van der Waals surface area (Å²) in [6, 6.07) is 4.53. The average Bonchev–Trinajstić information content (AvgIpc) is 3.22. The molecule has 7 N–H and O–H groups in total. The van der Waals surface area contributed by atoms with Crippen LogP contribution in [0.3, 0.4) is 0 Å². The molecule has 33 heavy (non-hydrogen) atoms. The summed E-state index contributed by atoms with van der Waals surface area (Å²) in [5, 5.41) is 17.9. The number of carboxylic acids is 1. The molecule has 2 rings (SSSR count). The summed E-state index contributed by atoms with van der Waals surface area (Å²) < 4.78 is 0. The molecule has 11 heteroatoms. The number of H-pyrrole nitrogens is 1. The molecular weight excluding hydrogens is 446 g/mol. The van der Waals surface area contributed by atoms with Crippen molar-refractivity contribution in [1.82, 2.24) is 20.9 Å². The predicted molar refractivity (Wildman–Crippen MR) is 128 cm³/mol. The monoisotopic (exact) mass is 477 g/mol. The van der Waals surface area contributed by atoms with Crippen LogP contribution in [0, 0.1) is 5.92 Å². The molecule has 0 aliphatic rings. The van der Waals surface area contributed by atoms with Crippen molar-refractivity contribution in [1.29, 1.82) is 0 Å². The Labute approximate surface area is 197 Å². The van der Waals surface area contributed by atoms with Gasteiger partial charge in [-0.25, -0.2) is 4.79 Å². The lowest BCUT2D eigenvalue weighted by atomic mass is 9.98. The third kappa shape index (κ3) is 7.22. The second-order valence-electron chi connectivity index (χ2n) is 7.90. The lowest BCUT2D eigenvalue weighted by Crippen LogP contribution is -2.56. The highest BCUT2D eigenvalue weighted by atomic mass is 32.1. The number of carbonyl (C=O) groups excluding carboxylic acids is 3. The Bertz CT molecular complexity index is 994. The van der Waals surface area contributed by atoms with Gasteiger partial charge >= 0.3 is 5.97 Å². The van der Waals surface area contributed by atoms with Gasteiger partial charge < -0.3 is 31.8 Å². The SMILES string of the molecule is CCC(C)C(NC(=O)C(N)CS)C(=O)NCC(=O)NC(Cc1c[nH]c2ccccc12)C(=O)O. The van der Waals surface area contributed by atoms with Crippen LogP contribution in [0.2, 0.25) is 0 Å². The number of rotatable bonds is 12. The molecule has 0 bridgehead atoms. The maximum Gasteiger partial charge on any atom is 0.326 e. The second-order valence-corrected chi connectivity index (χ2v) is 8.27. The van der Waals surface area contributed by atoms with Gasteiger partial charge in [-0.15, -0.1) is 0 Å². The fourth-order valence-corrected chi connectivity index (χ4v) is 3.45. The minimum Gasteiger partial charge on any atom is -0.480 e. The Hall–Kier alpha value is -3.05. The number of fused-ring (bicyclic) bond motifs is 1. The number of aromatic nitrogens is 1. The standard InChI is InChI=1S/C22H31N5O5S/c1-3-12(2)19(27-20(29)15(23)11-33)21(30)25-10-18(28)26-17(22(31)32)8-13-9-24-16-7-5-4-6-14(13)16/h4-7,9,12,15,17,19,24,33H,3,8,10-11,23H2,1-2H3,(H,25,30)(H,26,28)(H,27,29)(H,31,32). The molecule has 0 fully saturated rings. The maximum absolute atomic E-state index is 12.6. The van der Waals surface area contributed by atoms with Gasteiger partial charge in [-0.2, -0.15) is 12.6 Å². The fraction of sp³-hybridized carbons (Fsp3) is 0.455. The number of nitrogens with two attached hydrogens (primary N) is 1. The molecule has 0 saturated heterocycles. The Morgan fingerprint density at radius 1 is 1.15 bits per heavy atom. The Morgan fingerprint density at radius 2 is 1.85 bits per heavy atom. The number of carbonyl (C=O) groups is 4. The van der Waals surface area contributed by atoms with Crippen LogP contribution in [0.15, 0.2) is 30.5 Å². The number of para-hydroxylation sites is 1. The number of aliphatic carboxylic acids is 1. The molecule has 3 amide bonds. The molecule has 2 aromatic rings. The van der Waals surface area contributed by atoms with Gasteiger partial charge in [-0.05, 0) is 17.5 Å². The lowest BCUT2D eigenvalue weighted by molar-refractivity contribution is -0.141. The van der Waals surface area contributed by atoms with E-state index in [9.17, 15) is 24.3 Å². The number of hydrogen-bond donors (Lipinski definition) is 7. The smallest absolute Gasteiger partial charge is 0.326 e. The number of hydrogen-bond acceptors (Lipinski definition) is 6. The normalized spacial score (nSPS) is 14.7. The summed E-state index contributed by atoms with van der Waals surface area (Å²) >= 11 is 3.98. The summed E-state index contributed by atoms with van der Waals surface area (Å²) in [6.45, 7) is 3.22. The molecule has 1 aromatic carbocycles. The van der Waals surface area contributed by atoms with E-state index >= 15 is 0 Å². The van der Waals surface area contributed by atoms with Crippen molar-refractivity contribution in [2.45, 2.75) is 44.8 Å². The highest BCUT2D eigenvalue weighted by Gasteiger charge is 2.28. The molecule has 0 aliphatic carbocycles. The maximum atomic E-state index is 12.6. The van der Waals surface area contributed by atoms with E-state index in [4.69, 9.17) is 5.73 Å². The predicted octanol–water partition coefficient (Wildman–Crippen LogP) is 0.184. The van der Waals surface area contributed by atoms with Crippen molar-refractivity contribution < 1.29 is 24.3 Å². The van der Waals surface area contributed by atoms with Crippen molar-refractivity contribution >= 4 is 47.2 Å². The summed E-state index contributed by atoms with van der Waals surface area (Å²) in [5.74, 6) is -3.00. The van der Waals surface area contributed by atoms with Crippen LogP contribution >= 0.6 is 12.6 Å². The second kappa shape index (κ2) is 12.3. The van der Waals surface area contributed by atoms with Crippen LogP contribution in [0.4, 0.5) is 0 Å². The number of aromatic amines is 1. The van der Waals surface area contributed by atoms with Crippen molar-refractivity contribution in [2.75, 3.05) is 12.3 Å². The number of carboxylic acid groups (broad SMARTS) is 1. The van der Waals surface area contributed by atoms with Crippen molar-refractivity contribution in [3.05, 3.63) is 36.0 Å². The lowest BCUT2D eigenvalue weighted by Gasteiger charge is -2.24. The van der Waals surface area contributed by atoms with E-state index in [1.807, 2.05) is 31.2 Å².